The zero-order valence-electron chi connectivity index (χ0n) is 10.4. The summed E-state index contributed by atoms with van der Waals surface area (Å²) in [5.41, 5.74) is 1.93. The Labute approximate surface area is 114 Å². The minimum absolute atomic E-state index is 0. The second-order valence-electron chi connectivity index (χ2n) is 4.42. The number of rotatable bonds is 5. The van der Waals surface area contributed by atoms with Gasteiger partial charge in [0.25, 0.3) is 0 Å². The molecule has 1 aliphatic heterocycles. The largest absolute Gasteiger partial charge is 0.317 e. The van der Waals surface area contributed by atoms with Crippen LogP contribution < -0.4 is 5.32 Å². The maximum absolute atomic E-state index is 4.16. The third-order valence-corrected chi connectivity index (χ3v) is 3.94. The van der Waals surface area contributed by atoms with E-state index in [9.17, 15) is 0 Å². The lowest BCUT2D eigenvalue weighted by Crippen LogP contribution is -2.42. The van der Waals surface area contributed by atoms with E-state index in [1.165, 1.54) is 43.8 Å². The van der Waals surface area contributed by atoms with E-state index in [0.717, 1.165) is 12.6 Å². The number of nitrogens with zero attached hydrogens (tertiary/aromatic N) is 2. The lowest BCUT2D eigenvalue weighted by molar-refractivity contribution is 0.155. The van der Waals surface area contributed by atoms with Gasteiger partial charge in [-0.3, -0.25) is 9.88 Å². The summed E-state index contributed by atoms with van der Waals surface area (Å²) in [5, 5.41) is 3.43. The number of hydrogen-bond donors (Lipinski definition) is 1. The summed E-state index contributed by atoms with van der Waals surface area (Å²) in [7, 11) is 0. The molecule has 0 spiro atoms. The summed E-state index contributed by atoms with van der Waals surface area (Å²) < 4.78 is 0. The SMILES string of the molecule is CCCN(Cc1cncs1)C1CCNCC1.Cl. The molecule has 98 valence electrons. The first kappa shape index (κ1) is 14.9. The van der Waals surface area contributed by atoms with Gasteiger partial charge in [-0.05, 0) is 38.9 Å². The van der Waals surface area contributed by atoms with Crippen LogP contribution in [0.1, 0.15) is 31.1 Å². The van der Waals surface area contributed by atoms with Crippen LogP contribution in [-0.2, 0) is 6.54 Å². The minimum atomic E-state index is 0. The molecule has 1 aliphatic rings. The maximum Gasteiger partial charge on any atom is 0.0794 e. The van der Waals surface area contributed by atoms with E-state index in [1.54, 1.807) is 11.3 Å². The smallest absolute Gasteiger partial charge is 0.0794 e. The summed E-state index contributed by atoms with van der Waals surface area (Å²) in [6.07, 6.45) is 5.83. The lowest BCUT2D eigenvalue weighted by atomic mass is 10.0. The zero-order chi connectivity index (χ0) is 11.2. The highest BCUT2D eigenvalue weighted by atomic mass is 35.5. The fourth-order valence-electron chi connectivity index (χ4n) is 2.37. The van der Waals surface area contributed by atoms with Gasteiger partial charge in [0.2, 0.25) is 0 Å². The van der Waals surface area contributed by atoms with Crippen molar-refractivity contribution in [2.45, 2.75) is 38.8 Å². The number of piperidine rings is 1. The molecule has 0 saturated carbocycles. The van der Waals surface area contributed by atoms with Crippen molar-refractivity contribution in [2.24, 2.45) is 0 Å². The minimum Gasteiger partial charge on any atom is -0.317 e. The van der Waals surface area contributed by atoms with Gasteiger partial charge in [0.1, 0.15) is 0 Å². The second-order valence-corrected chi connectivity index (χ2v) is 5.39. The number of nitrogens with one attached hydrogen (secondary N) is 1. The number of halogens is 1. The molecule has 2 heterocycles. The Morgan fingerprint density at radius 3 is 2.82 bits per heavy atom. The Morgan fingerprint density at radius 1 is 1.47 bits per heavy atom. The lowest BCUT2D eigenvalue weighted by Gasteiger charge is -2.34. The molecule has 0 aliphatic carbocycles. The zero-order valence-corrected chi connectivity index (χ0v) is 12.0. The molecule has 1 aromatic heterocycles. The van der Waals surface area contributed by atoms with Gasteiger partial charge in [-0.1, -0.05) is 6.92 Å². The van der Waals surface area contributed by atoms with E-state index in [2.05, 4.69) is 22.1 Å². The third kappa shape index (κ3) is 4.54. The Morgan fingerprint density at radius 2 is 2.24 bits per heavy atom. The van der Waals surface area contributed by atoms with Crippen molar-refractivity contribution in [1.29, 1.82) is 0 Å². The van der Waals surface area contributed by atoms with Crippen molar-refractivity contribution >= 4 is 23.7 Å². The number of thiazole rings is 1. The number of aromatic nitrogens is 1. The molecule has 0 amide bonds. The van der Waals surface area contributed by atoms with Crippen LogP contribution in [0.3, 0.4) is 0 Å². The van der Waals surface area contributed by atoms with Crippen LogP contribution in [0.2, 0.25) is 0 Å². The highest BCUT2D eigenvalue weighted by Gasteiger charge is 2.20. The molecule has 2 rings (SSSR count). The molecule has 1 aromatic rings. The van der Waals surface area contributed by atoms with Crippen LogP contribution in [0, 0.1) is 0 Å². The average molecular weight is 276 g/mol. The number of hydrogen-bond acceptors (Lipinski definition) is 4. The Balaban J connectivity index is 0.00000144. The molecule has 1 fully saturated rings. The predicted molar refractivity (Wildman–Crippen MR) is 76.0 cm³/mol. The van der Waals surface area contributed by atoms with Crippen LogP contribution in [0.4, 0.5) is 0 Å². The standard InChI is InChI=1S/C12H21N3S.ClH/c1-2-7-15(9-12-8-14-10-16-12)11-3-5-13-6-4-11;/h8,10-11,13H,2-7,9H2,1H3;1H. The van der Waals surface area contributed by atoms with Gasteiger partial charge in [-0.15, -0.1) is 23.7 Å². The van der Waals surface area contributed by atoms with Crippen LogP contribution in [0.15, 0.2) is 11.7 Å². The molecular formula is C12H22ClN3S. The first-order chi connectivity index (χ1) is 7.90. The molecule has 0 atom stereocenters. The van der Waals surface area contributed by atoms with Crippen molar-refractivity contribution in [1.82, 2.24) is 15.2 Å². The van der Waals surface area contributed by atoms with E-state index in [0.29, 0.717) is 0 Å². The van der Waals surface area contributed by atoms with Crippen molar-refractivity contribution < 1.29 is 0 Å². The predicted octanol–water partition coefficient (Wildman–Crippen LogP) is 2.53. The summed E-state index contributed by atoms with van der Waals surface area (Å²) in [5.74, 6) is 0. The van der Waals surface area contributed by atoms with E-state index in [-0.39, 0.29) is 12.4 Å². The van der Waals surface area contributed by atoms with Crippen molar-refractivity contribution in [3.05, 3.63) is 16.6 Å². The maximum atomic E-state index is 4.16. The molecule has 1 saturated heterocycles. The Hall–Kier alpha value is -0.160. The highest BCUT2D eigenvalue weighted by Crippen LogP contribution is 2.17. The molecule has 0 aromatic carbocycles. The van der Waals surface area contributed by atoms with Gasteiger partial charge in [-0.2, -0.15) is 0 Å². The van der Waals surface area contributed by atoms with Gasteiger partial charge in [-0.25, -0.2) is 0 Å². The normalized spacial score (nSPS) is 17.1. The molecule has 0 unspecified atom stereocenters. The highest BCUT2D eigenvalue weighted by molar-refractivity contribution is 7.09. The monoisotopic (exact) mass is 275 g/mol. The Kier molecular flexibility index (Phi) is 7.04. The van der Waals surface area contributed by atoms with E-state index in [4.69, 9.17) is 0 Å². The molecule has 5 heteroatoms. The van der Waals surface area contributed by atoms with Gasteiger partial charge >= 0.3 is 0 Å². The van der Waals surface area contributed by atoms with E-state index in [1.807, 2.05) is 11.7 Å². The van der Waals surface area contributed by atoms with Gasteiger partial charge in [0.05, 0.1) is 5.51 Å². The topological polar surface area (TPSA) is 28.2 Å². The first-order valence-corrected chi connectivity index (χ1v) is 7.10. The van der Waals surface area contributed by atoms with Gasteiger partial charge < -0.3 is 5.32 Å². The molecular weight excluding hydrogens is 254 g/mol. The quantitative estimate of drug-likeness (QED) is 0.895. The fraction of sp³-hybridized carbons (Fsp3) is 0.750. The molecule has 3 nitrogen and oxygen atoms in total. The van der Waals surface area contributed by atoms with Crippen molar-refractivity contribution in [3.63, 3.8) is 0 Å². The van der Waals surface area contributed by atoms with Crippen LogP contribution in [-0.4, -0.2) is 35.6 Å². The fourth-order valence-corrected chi connectivity index (χ4v) is 2.99. The summed E-state index contributed by atoms with van der Waals surface area (Å²) >= 11 is 1.77. The second kappa shape index (κ2) is 8.03. The van der Waals surface area contributed by atoms with E-state index >= 15 is 0 Å². The summed E-state index contributed by atoms with van der Waals surface area (Å²) in [6, 6.07) is 0.767. The summed E-state index contributed by atoms with van der Waals surface area (Å²) in [4.78, 5) is 8.19. The molecule has 17 heavy (non-hydrogen) atoms. The molecule has 0 bridgehead atoms. The Bertz CT molecular complexity index is 286. The van der Waals surface area contributed by atoms with Crippen molar-refractivity contribution in [2.75, 3.05) is 19.6 Å². The average Bonchev–Trinajstić information content (AvgIpc) is 2.83. The van der Waals surface area contributed by atoms with Crippen LogP contribution in [0.25, 0.3) is 0 Å². The summed E-state index contributed by atoms with van der Waals surface area (Å²) in [6.45, 7) is 6.91. The van der Waals surface area contributed by atoms with E-state index < -0.39 is 0 Å². The molecule has 0 radical (unpaired) electrons. The first-order valence-electron chi connectivity index (χ1n) is 6.22. The van der Waals surface area contributed by atoms with Gasteiger partial charge in [0.15, 0.2) is 0 Å². The van der Waals surface area contributed by atoms with Crippen LogP contribution in [0.5, 0.6) is 0 Å². The third-order valence-electron chi connectivity index (χ3n) is 3.18. The van der Waals surface area contributed by atoms with Crippen molar-refractivity contribution in [3.8, 4) is 0 Å². The van der Waals surface area contributed by atoms with Gasteiger partial charge in [0, 0.05) is 23.7 Å². The molecule has 1 N–H and O–H groups in total. The van der Waals surface area contributed by atoms with Crippen LogP contribution >= 0.6 is 23.7 Å².